The minimum absolute atomic E-state index is 0. The Morgan fingerprint density at radius 2 is 0.864 bits per heavy atom. The standard InChI is InChI=1S/C2H3N.2Bi.3ClH.HI.K.3NO3/c1-2-3;;;;;;;;3*2-1(3)4/h1H3;;;4*1H;;;;/q;2*+3;;;;;+1;3*-1/p-4. The summed E-state index contributed by atoms with van der Waals surface area (Å²) in [6.07, 6.45) is 0. The second-order valence-corrected chi connectivity index (χ2v) is 16.0. The van der Waals surface area contributed by atoms with Crippen LogP contribution < -0.4 is 75.4 Å². The molecule has 0 atom stereocenters. The monoisotopic (exact) mass is 916 g/mol. The second-order valence-electron chi connectivity index (χ2n) is 1.09. The van der Waals surface area contributed by atoms with Crippen molar-refractivity contribution in [2.75, 3.05) is 0 Å². The molecule has 0 aromatic rings. The molecule has 0 aromatic heterocycles. The zero-order valence-corrected chi connectivity index (χ0v) is 24.9. The zero-order valence-electron chi connectivity index (χ0n) is 10.4. The van der Waals surface area contributed by atoms with E-state index in [0.717, 1.165) is 0 Å². The number of hydrogen-bond acceptors (Lipinski definition) is 10. The van der Waals surface area contributed by atoms with Gasteiger partial charge in [-0.2, -0.15) is 5.26 Å². The minimum Gasteiger partial charge on any atom is -1.00 e. The van der Waals surface area contributed by atoms with Gasteiger partial charge in [0.05, 0.1) is 21.3 Å². The van der Waals surface area contributed by atoms with Crippen molar-refractivity contribution in [1.82, 2.24) is 0 Å². The summed E-state index contributed by atoms with van der Waals surface area (Å²) in [7, 11) is 15.0. The minimum atomic E-state index is -2.18. The van der Waals surface area contributed by atoms with E-state index in [1.807, 2.05) is 0 Å². The Bertz CT molecular complexity index is 243. The molecule has 0 aliphatic rings. The molecule has 0 bridgehead atoms. The molecule has 0 heterocycles. The number of rotatable bonds is 0. The van der Waals surface area contributed by atoms with Gasteiger partial charge in [0.2, 0.25) is 0 Å². The summed E-state index contributed by atoms with van der Waals surface area (Å²) in [4.78, 5) is 24.8. The van der Waals surface area contributed by atoms with Gasteiger partial charge in [-0.05, 0) is 0 Å². The van der Waals surface area contributed by atoms with Crippen molar-refractivity contribution in [2.24, 2.45) is 0 Å². The Balaban J connectivity index is -0.0000000180. The van der Waals surface area contributed by atoms with Crippen molar-refractivity contribution in [2.45, 2.75) is 6.92 Å². The predicted molar refractivity (Wildman–Crippen MR) is 71.4 cm³/mol. The molecule has 0 fully saturated rings. The van der Waals surface area contributed by atoms with Crippen molar-refractivity contribution >= 4 is 69.9 Å². The first-order chi connectivity index (χ1) is 8.34. The normalized spacial score (nSPS) is 5.27. The Hall–Kier alpha value is 2.09. The summed E-state index contributed by atoms with van der Waals surface area (Å²) in [5.41, 5.74) is 0. The fourth-order valence-corrected chi connectivity index (χ4v) is 0. The summed E-state index contributed by atoms with van der Waals surface area (Å²) < 4.78 is 0. The SMILES string of the molecule is CC#N.O=[N+]([O-])[O-].O=[N+]([O-])[O-].O=[N+]([O-])[O-].[Bi+3].[Cl][Bi]([Cl])[Cl].[I-].[K+]. The van der Waals surface area contributed by atoms with E-state index in [0.29, 0.717) is 0 Å². The molecule has 0 unspecified atom stereocenters. The van der Waals surface area contributed by atoms with E-state index in [1.54, 1.807) is 6.07 Å². The average molecular weight is 917 g/mol. The first kappa shape index (κ1) is 49.6. The smallest absolute Gasteiger partial charge is 1.00 e. The average Bonchev–Trinajstić information content (AvgIpc) is 1.97. The van der Waals surface area contributed by atoms with E-state index in [4.69, 9.17) is 76.8 Å². The topological polar surface area (TPSA) is 222 Å². The van der Waals surface area contributed by atoms with E-state index < -0.39 is 33.4 Å². The van der Waals surface area contributed by atoms with Crippen LogP contribution in [0.5, 0.6) is 0 Å². The fourth-order valence-electron chi connectivity index (χ4n) is 0. The van der Waals surface area contributed by atoms with Crippen molar-refractivity contribution < 1.29 is 90.6 Å². The van der Waals surface area contributed by atoms with Crippen LogP contribution in [0.15, 0.2) is 0 Å². The molecule has 0 saturated heterocycles. The number of hydrogen-bond donors (Lipinski definition) is 0. The summed E-state index contributed by atoms with van der Waals surface area (Å²) in [6, 6.07) is 1.75. The molecule has 0 saturated carbocycles. The Labute approximate surface area is 220 Å². The molecule has 0 aromatic carbocycles. The quantitative estimate of drug-likeness (QED) is 0.0976. The van der Waals surface area contributed by atoms with Crippen molar-refractivity contribution in [1.29, 1.82) is 5.26 Å². The molecule has 2 radical (unpaired) electrons. The zero-order chi connectivity index (χ0) is 17.0. The van der Waals surface area contributed by atoms with Crippen LogP contribution in [0.3, 0.4) is 0 Å². The van der Waals surface area contributed by atoms with Crippen molar-refractivity contribution in [3.05, 3.63) is 46.0 Å². The van der Waals surface area contributed by atoms with Gasteiger partial charge in [0.1, 0.15) is 0 Å². The van der Waals surface area contributed by atoms with Gasteiger partial charge in [0.25, 0.3) is 0 Å². The van der Waals surface area contributed by atoms with E-state index in [-0.39, 0.29) is 102 Å². The van der Waals surface area contributed by atoms with Crippen LogP contribution in [0.4, 0.5) is 0 Å². The second kappa shape index (κ2) is 49.5. The third-order valence-electron chi connectivity index (χ3n) is 0. The van der Waals surface area contributed by atoms with Gasteiger partial charge in [-0.15, -0.1) is 0 Å². The molecular formula is C2H3Bi2Cl3IKN4O9. The number of nitrogens with zero attached hydrogens (tertiary/aromatic N) is 4. The molecule has 0 rings (SSSR count). The third kappa shape index (κ3) is 2240. The van der Waals surface area contributed by atoms with Gasteiger partial charge in [0, 0.05) is 6.92 Å². The Morgan fingerprint density at radius 1 is 0.864 bits per heavy atom. The summed E-state index contributed by atoms with van der Waals surface area (Å²) in [6.45, 7) is 1.43. The Morgan fingerprint density at radius 3 is 0.864 bits per heavy atom. The van der Waals surface area contributed by atoms with Gasteiger partial charge in [-0.1, -0.05) is 0 Å². The van der Waals surface area contributed by atoms with Crippen LogP contribution in [0.2, 0.25) is 0 Å². The molecule has 22 heavy (non-hydrogen) atoms. The molecule has 0 spiro atoms. The van der Waals surface area contributed by atoms with Gasteiger partial charge < -0.3 is 69.9 Å². The maximum absolute atomic E-state index is 8.25. The van der Waals surface area contributed by atoms with E-state index >= 15 is 0 Å². The number of nitriles is 1. The van der Waals surface area contributed by atoms with Crippen LogP contribution in [0.25, 0.3) is 0 Å². The van der Waals surface area contributed by atoms with Gasteiger partial charge in [-0.25, -0.2) is 0 Å². The first-order valence-corrected chi connectivity index (χ1v) is 15.7. The molecular weight excluding hydrogens is 914 g/mol. The van der Waals surface area contributed by atoms with Crippen LogP contribution >= 0.6 is 25.5 Å². The maximum Gasteiger partial charge on any atom is 1.00 e. The van der Waals surface area contributed by atoms with E-state index in [2.05, 4.69) is 0 Å². The van der Waals surface area contributed by atoms with E-state index in [1.165, 1.54) is 6.92 Å². The molecule has 124 valence electrons. The summed E-state index contributed by atoms with van der Waals surface area (Å²) in [5.74, 6) is 0. The fraction of sp³-hybridized carbons (Fsp3) is 0.500. The van der Waals surface area contributed by atoms with E-state index in [9.17, 15) is 0 Å². The van der Waals surface area contributed by atoms with Crippen LogP contribution in [0, 0.1) is 57.3 Å². The molecule has 0 N–H and O–H groups in total. The van der Waals surface area contributed by atoms with Crippen LogP contribution in [-0.2, 0) is 0 Å². The Kier molecular flexibility index (Phi) is 112. The molecule has 0 aliphatic carbocycles. The molecule has 20 heteroatoms. The third-order valence-corrected chi connectivity index (χ3v) is 0. The van der Waals surface area contributed by atoms with Gasteiger partial charge in [0.15, 0.2) is 0 Å². The summed E-state index contributed by atoms with van der Waals surface area (Å²) in [5, 5.41) is 51.6. The van der Waals surface area contributed by atoms with Gasteiger partial charge >= 0.3 is 121 Å². The molecule has 0 amide bonds. The van der Waals surface area contributed by atoms with Crippen LogP contribution in [-0.4, -0.2) is 59.6 Å². The molecule has 0 aliphatic heterocycles. The maximum atomic E-state index is 8.25. The van der Waals surface area contributed by atoms with Crippen molar-refractivity contribution in [3.8, 4) is 6.07 Å². The number of halogens is 4. The van der Waals surface area contributed by atoms with Crippen LogP contribution in [0.1, 0.15) is 6.92 Å². The van der Waals surface area contributed by atoms with Gasteiger partial charge in [-0.3, -0.25) is 0 Å². The largest absolute Gasteiger partial charge is 1.00 e. The van der Waals surface area contributed by atoms with Crippen molar-refractivity contribution in [3.63, 3.8) is 0 Å². The predicted octanol–water partition coefficient (Wildman–Crippen LogP) is -4.87. The molecule has 13 nitrogen and oxygen atoms in total. The summed E-state index contributed by atoms with van der Waals surface area (Å²) >= 11 is -2.18. The first-order valence-electron chi connectivity index (χ1n) is 2.87.